The number of furan rings is 1. The molecule has 3 rings (SSSR count). The van der Waals surface area contributed by atoms with Crippen molar-refractivity contribution in [2.24, 2.45) is 5.41 Å². The third-order valence-electron chi connectivity index (χ3n) is 4.01. The lowest BCUT2D eigenvalue weighted by Gasteiger charge is -2.22. The van der Waals surface area contributed by atoms with E-state index in [1.165, 1.54) is 6.42 Å². The number of amides is 1. The summed E-state index contributed by atoms with van der Waals surface area (Å²) in [5, 5.41) is 3.40. The predicted molar refractivity (Wildman–Crippen MR) is 71.1 cm³/mol. The van der Waals surface area contributed by atoms with E-state index < -0.39 is 0 Å². The number of halogens is 1. The third kappa shape index (κ3) is 2.27. The van der Waals surface area contributed by atoms with E-state index in [9.17, 15) is 4.79 Å². The molecule has 1 N–H and O–H groups in total. The maximum absolute atomic E-state index is 12.2. The van der Waals surface area contributed by atoms with Gasteiger partial charge in [-0.05, 0) is 38.4 Å². The first-order chi connectivity index (χ1) is 8.19. The molecule has 2 saturated heterocycles. The van der Waals surface area contributed by atoms with E-state index in [2.05, 4.69) is 5.32 Å². The Labute approximate surface area is 113 Å². The molecule has 1 unspecified atom stereocenters. The van der Waals surface area contributed by atoms with Crippen molar-refractivity contribution in [3.63, 3.8) is 0 Å². The van der Waals surface area contributed by atoms with Crippen LogP contribution in [0.5, 0.6) is 0 Å². The van der Waals surface area contributed by atoms with Gasteiger partial charge in [0.15, 0.2) is 5.76 Å². The van der Waals surface area contributed by atoms with Crippen LogP contribution in [-0.4, -0.2) is 37.0 Å². The average Bonchev–Trinajstić information content (AvgIpc) is 3.02. The molecule has 18 heavy (non-hydrogen) atoms. The number of rotatable bonds is 1. The van der Waals surface area contributed by atoms with E-state index >= 15 is 0 Å². The molecular formula is C13H19ClN2O2. The van der Waals surface area contributed by atoms with Crippen molar-refractivity contribution in [3.8, 4) is 0 Å². The summed E-state index contributed by atoms with van der Waals surface area (Å²) in [5.74, 6) is 1.32. The standard InChI is InChI=1S/C13H18N2O2.ClH/c1-10-2-3-11(17-10)12(16)15-7-5-13(9-15)4-6-14-8-13;/h2-3,14H,4-9H2,1H3;1H. The van der Waals surface area contributed by atoms with E-state index in [0.29, 0.717) is 11.2 Å². The van der Waals surface area contributed by atoms with Gasteiger partial charge in [-0.1, -0.05) is 0 Å². The normalized spacial score (nSPS) is 26.6. The molecule has 2 fully saturated rings. The molecule has 3 heterocycles. The molecule has 4 nitrogen and oxygen atoms in total. The molecule has 0 radical (unpaired) electrons. The quantitative estimate of drug-likeness (QED) is 0.847. The van der Waals surface area contributed by atoms with Crippen molar-refractivity contribution < 1.29 is 9.21 Å². The second kappa shape index (κ2) is 4.94. The lowest BCUT2D eigenvalue weighted by atomic mass is 9.87. The molecule has 100 valence electrons. The zero-order valence-corrected chi connectivity index (χ0v) is 11.4. The van der Waals surface area contributed by atoms with Gasteiger partial charge in [-0.2, -0.15) is 0 Å². The van der Waals surface area contributed by atoms with Gasteiger partial charge in [0.05, 0.1) is 0 Å². The summed E-state index contributed by atoms with van der Waals surface area (Å²) in [6, 6.07) is 3.62. The second-order valence-corrected chi connectivity index (χ2v) is 5.31. The largest absolute Gasteiger partial charge is 0.456 e. The first kappa shape index (κ1) is 13.4. The molecule has 0 saturated carbocycles. The predicted octanol–water partition coefficient (Wildman–Crippen LogP) is 1.84. The molecule has 2 aliphatic rings. The van der Waals surface area contributed by atoms with Crippen LogP contribution in [0, 0.1) is 12.3 Å². The smallest absolute Gasteiger partial charge is 0.289 e. The Hall–Kier alpha value is -1.00. The molecular weight excluding hydrogens is 252 g/mol. The Kier molecular flexibility index (Phi) is 3.69. The van der Waals surface area contributed by atoms with Crippen LogP contribution in [0.1, 0.15) is 29.2 Å². The van der Waals surface area contributed by atoms with Crippen LogP contribution in [0.15, 0.2) is 16.5 Å². The van der Waals surface area contributed by atoms with Crippen LogP contribution < -0.4 is 5.32 Å². The number of nitrogens with zero attached hydrogens (tertiary/aromatic N) is 1. The number of carbonyl (C=O) groups excluding carboxylic acids is 1. The fourth-order valence-corrected chi connectivity index (χ4v) is 2.96. The van der Waals surface area contributed by atoms with Gasteiger partial charge in [0.2, 0.25) is 0 Å². The summed E-state index contributed by atoms with van der Waals surface area (Å²) < 4.78 is 5.40. The van der Waals surface area contributed by atoms with Crippen LogP contribution in [0.25, 0.3) is 0 Å². The number of likely N-dealkylation sites (tertiary alicyclic amines) is 1. The number of aryl methyl sites for hydroxylation is 1. The second-order valence-electron chi connectivity index (χ2n) is 5.31. The minimum absolute atomic E-state index is 0. The third-order valence-corrected chi connectivity index (χ3v) is 4.01. The van der Waals surface area contributed by atoms with Gasteiger partial charge < -0.3 is 14.6 Å². The SMILES string of the molecule is Cc1ccc(C(=O)N2CCC3(CCNC3)C2)o1.Cl. The van der Waals surface area contributed by atoms with Crippen molar-refractivity contribution in [2.45, 2.75) is 19.8 Å². The van der Waals surface area contributed by atoms with Gasteiger partial charge in [0.1, 0.15) is 5.76 Å². The number of nitrogens with one attached hydrogen (secondary N) is 1. The zero-order chi connectivity index (χ0) is 11.9. The van der Waals surface area contributed by atoms with Crippen LogP contribution in [0.2, 0.25) is 0 Å². The minimum Gasteiger partial charge on any atom is -0.456 e. The van der Waals surface area contributed by atoms with Crippen LogP contribution in [-0.2, 0) is 0 Å². The Morgan fingerprint density at radius 2 is 2.28 bits per heavy atom. The minimum atomic E-state index is 0. The molecule has 0 aliphatic carbocycles. The fourth-order valence-electron chi connectivity index (χ4n) is 2.96. The molecule has 5 heteroatoms. The Morgan fingerprint density at radius 3 is 2.89 bits per heavy atom. The maximum atomic E-state index is 12.2. The molecule has 1 spiro atoms. The van der Waals surface area contributed by atoms with Crippen LogP contribution >= 0.6 is 12.4 Å². The lowest BCUT2D eigenvalue weighted by Crippen LogP contribution is -2.33. The summed E-state index contributed by atoms with van der Waals surface area (Å²) in [5.41, 5.74) is 0.331. The van der Waals surface area contributed by atoms with E-state index in [1.807, 2.05) is 17.9 Å². The Morgan fingerprint density at radius 1 is 1.44 bits per heavy atom. The first-order valence-electron chi connectivity index (χ1n) is 6.25. The molecule has 1 atom stereocenters. The van der Waals surface area contributed by atoms with Gasteiger partial charge in [-0.3, -0.25) is 4.79 Å². The first-order valence-corrected chi connectivity index (χ1v) is 6.25. The van der Waals surface area contributed by atoms with E-state index in [-0.39, 0.29) is 18.3 Å². The van der Waals surface area contributed by atoms with Crippen molar-refractivity contribution in [1.29, 1.82) is 0 Å². The van der Waals surface area contributed by atoms with Crippen molar-refractivity contribution in [2.75, 3.05) is 26.2 Å². The summed E-state index contributed by atoms with van der Waals surface area (Å²) in [4.78, 5) is 14.1. The summed E-state index contributed by atoms with van der Waals surface area (Å²) in [7, 11) is 0. The highest BCUT2D eigenvalue weighted by atomic mass is 35.5. The van der Waals surface area contributed by atoms with Gasteiger partial charge >= 0.3 is 0 Å². The van der Waals surface area contributed by atoms with Crippen molar-refractivity contribution >= 4 is 18.3 Å². The monoisotopic (exact) mass is 270 g/mol. The fraction of sp³-hybridized carbons (Fsp3) is 0.615. The van der Waals surface area contributed by atoms with Crippen molar-refractivity contribution in [1.82, 2.24) is 10.2 Å². The topological polar surface area (TPSA) is 45.5 Å². The molecule has 1 amide bonds. The molecule has 0 aromatic carbocycles. The number of hydrogen-bond acceptors (Lipinski definition) is 3. The maximum Gasteiger partial charge on any atom is 0.289 e. The highest BCUT2D eigenvalue weighted by molar-refractivity contribution is 5.91. The van der Waals surface area contributed by atoms with Gasteiger partial charge in [0.25, 0.3) is 5.91 Å². The summed E-state index contributed by atoms with van der Waals surface area (Å²) >= 11 is 0. The van der Waals surface area contributed by atoms with E-state index in [1.54, 1.807) is 6.07 Å². The molecule has 0 bridgehead atoms. The van der Waals surface area contributed by atoms with E-state index in [0.717, 1.165) is 38.4 Å². The number of hydrogen-bond donors (Lipinski definition) is 1. The van der Waals surface area contributed by atoms with Gasteiger partial charge in [-0.15, -0.1) is 12.4 Å². The summed E-state index contributed by atoms with van der Waals surface area (Å²) in [6.07, 6.45) is 2.30. The average molecular weight is 271 g/mol. The Balaban J connectivity index is 0.00000120. The van der Waals surface area contributed by atoms with Crippen LogP contribution in [0.4, 0.5) is 0 Å². The molecule has 1 aromatic heterocycles. The zero-order valence-electron chi connectivity index (χ0n) is 10.6. The van der Waals surface area contributed by atoms with Gasteiger partial charge in [0, 0.05) is 25.0 Å². The van der Waals surface area contributed by atoms with Crippen molar-refractivity contribution in [3.05, 3.63) is 23.7 Å². The summed E-state index contributed by atoms with van der Waals surface area (Å²) in [6.45, 7) is 5.73. The molecule has 1 aromatic rings. The Bertz CT molecular complexity index is 438. The highest BCUT2D eigenvalue weighted by Gasteiger charge is 2.42. The van der Waals surface area contributed by atoms with E-state index in [4.69, 9.17) is 4.42 Å². The lowest BCUT2D eigenvalue weighted by molar-refractivity contribution is 0.0742. The highest BCUT2D eigenvalue weighted by Crippen LogP contribution is 2.36. The van der Waals surface area contributed by atoms with Gasteiger partial charge in [-0.25, -0.2) is 0 Å². The van der Waals surface area contributed by atoms with Crippen LogP contribution in [0.3, 0.4) is 0 Å². The molecule has 2 aliphatic heterocycles. The number of carbonyl (C=O) groups is 1.